The van der Waals surface area contributed by atoms with Gasteiger partial charge in [-0.25, -0.2) is 4.79 Å². The average Bonchev–Trinajstić information content (AvgIpc) is 2.18. The van der Waals surface area contributed by atoms with E-state index in [0.29, 0.717) is 13.1 Å². The highest BCUT2D eigenvalue weighted by atomic mass is 79.9. The molecule has 0 unspecified atom stereocenters. The van der Waals surface area contributed by atoms with E-state index in [1.165, 1.54) is 0 Å². The van der Waals surface area contributed by atoms with Crippen LogP contribution in [0.3, 0.4) is 0 Å². The summed E-state index contributed by atoms with van der Waals surface area (Å²) in [6.45, 7) is 0.878. The fourth-order valence-corrected chi connectivity index (χ4v) is 1.79. The molecule has 0 radical (unpaired) electrons. The zero-order valence-corrected chi connectivity index (χ0v) is 10.0. The number of aromatic nitrogens is 1. The highest BCUT2D eigenvalue weighted by molar-refractivity contribution is 9.10. The minimum atomic E-state index is -0.969. The molecule has 1 aliphatic rings. The van der Waals surface area contributed by atoms with Gasteiger partial charge >= 0.3 is 5.97 Å². The standard InChI is InChI=1S/C10H11BrN2O3/c11-7-1-2-8(13-3-7)10(5-12-6-10)16-4-9(14)15/h1-3,12H,4-6H2,(H,14,15). The number of nitrogens with one attached hydrogen (secondary N) is 1. The van der Waals surface area contributed by atoms with E-state index in [9.17, 15) is 4.79 Å². The molecular weight excluding hydrogens is 276 g/mol. The number of hydrogen-bond donors (Lipinski definition) is 2. The van der Waals surface area contributed by atoms with Crippen LogP contribution in [-0.4, -0.2) is 35.8 Å². The fourth-order valence-electron chi connectivity index (χ4n) is 1.55. The van der Waals surface area contributed by atoms with Crippen molar-refractivity contribution < 1.29 is 14.6 Å². The zero-order valence-electron chi connectivity index (χ0n) is 8.44. The SMILES string of the molecule is O=C(O)COC1(c2ccc(Br)cn2)CNC1. The summed E-state index contributed by atoms with van der Waals surface area (Å²) in [6, 6.07) is 3.71. The van der Waals surface area contributed by atoms with Gasteiger partial charge in [-0.2, -0.15) is 0 Å². The molecule has 2 rings (SSSR count). The molecule has 0 saturated carbocycles. The Morgan fingerprint density at radius 1 is 1.62 bits per heavy atom. The Bertz CT molecular complexity index is 390. The monoisotopic (exact) mass is 286 g/mol. The maximum Gasteiger partial charge on any atom is 0.329 e. The molecule has 16 heavy (non-hydrogen) atoms. The van der Waals surface area contributed by atoms with Crippen molar-refractivity contribution in [3.05, 3.63) is 28.5 Å². The van der Waals surface area contributed by atoms with Gasteiger partial charge < -0.3 is 15.2 Å². The van der Waals surface area contributed by atoms with E-state index in [4.69, 9.17) is 9.84 Å². The average molecular weight is 287 g/mol. The number of carbonyl (C=O) groups is 1. The molecule has 0 amide bonds. The van der Waals surface area contributed by atoms with Gasteiger partial charge in [-0.1, -0.05) is 0 Å². The highest BCUT2D eigenvalue weighted by Gasteiger charge is 2.41. The van der Waals surface area contributed by atoms with Gasteiger partial charge in [0.15, 0.2) is 0 Å². The van der Waals surface area contributed by atoms with Crippen LogP contribution in [-0.2, 0) is 15.1 Å². The molecule has 0 atom stereocenters. The predicted molar refractivity (Wildman–Crippen MR) is 60.1 cm³/mol. The lowest BCUT2D eigenvalue weighted by molar-refractivity contribution is -0.155. The molecule has 0 aliphatic carbocycles. The van der Waals surface area contributed by atoms with Crippen molar-refractivity contribution in [3.8, 4) is 0 Å². The summed E-state index contributed by atoms with van der Waals surface area (Å²) in [7, 11) is 0. The van der Waals surface area contributed by atoms with Crippen molar-refractivity contribution in [1.29, 1.82) is 0 Å². The Balaban J connectivity index is 2.14. The molecule has 0 bridgehead atoms. The number of aliphatic carboxylic acids is 1. The molecule has 6 heteroatoms. The Kier molecular flexibility index (Phi) is 3.22. The first-order valence-corrected chi connectivity index (χ1v) is 5.60. The van der Waals surface area contributed by atoms with Gasteiger partial charge in [0.05, 0.1) is 5.69 Å². The van der Waals surface area contributed by atoms with Gasteiger partial charge in [-0.3, -0.25) is 4.98 Å². The summed E-state index contributed by atoms with van der Waals surface area (Å²) >= 11 is 3.30. The van der Waals surface area contributed by atoms with Crippen LogP contribution in [0.25, 0.3) is 0 Å². The fraction of sp³-hybridized carbons (Fsp3) is 0.400. The van der Waals surface area contributed by atoms with E-state index in [1.807, 2.05) is 12.1 Å². The van der Waals surface area contributed by atoms with E-state index < -0.39 is 11.6 Å². The maximum atomic E-state index is 10.5. The molecule has 1 aromatic rings. The van der Waals surface area contributed by atoms with Crippen LogP contribution in [0.5, 0.6) is 0 Å². The van der Waals surface area contributed by atoms with Gasteiger partial charge in [-0.15, -0.1) is 0 Å². The number of nitrogens with zero attached hydrogens (tertiary/aromatic N) is 1. The van der Waals surface area contributed by atoms with Crippen LogP contribution in [0.1, 0.15) is 5.69 Å². The van der Waals surface area contributed by atoms with Crippen molar-refractivity contribution in [2.24, 2.45) is 0 Å². The van der Waals surface area contributed by atoms with Crippen molar-refractivity contribution >= 4 is 21.9 Å². The number of hydrogen-bond acceptors (Lipinski definition) is 4. The van der Waals surface area contributed by atoms with E-state index in [2.05, 4.69) is 26.2 Å². The van der Waals surface area contributed by atoms with E-state index in [0.717, 1.165) is 10.2 Å². The van der Waals surface area contributed by atoms with Crippen molar-refractivity contribution in [2.75, 3.05) is 19.7 Å². The predicted octanol–water partition coefficient (Wildman–Crippen LogP) is 0.744. The molecule has 86 valence electrons. The second kappa shape index (κ2) is 4.48. The number of carboxylic acid groups (broad SMARTS) is 1. The third-order valence-electron chi connectivity index (χ3n) is 2.49. The van der Waals surface area contributed by atoms with Crippen LogP contribution < -0.4 is 5.32 Å². The van der Waals surface area contributed by atoms with Gasteiger partial charge in [0.2, 0.25) is 0 Å². The van der Waals surface area contributed by atoms with Crippen LogP contribution in [0.15, 0.2) is 22.8 Å². The first-order chi connectivity index (χ1) is 7.62. The van der Waals surface area contributed by atoms with Gasteiger partial charge in [0.25, 0.3) is 0 Å². The summed E-state index contributed by atoms with van der Waals surface area (Å²) in [4.78, 5) is 14.7. The molecular formula is C10H11BrN2O3. The Labute approximate surface area is 101 Å². The molecule has 5 nitrogen and oxygen atoms in total. The summed E-state index contributed by atoms with van der Waals surface area (Å²) in [5.74, 6) is -0.969. The minimum Gasteiger partial charge on any atom is -0.480 e. The number of carboxylic acids is 1. The van der Waals surface area contributed by atoms with Gasteiger partial charge in [0.1, 0.15) is 12.2 Å². The number of halogens is 1. The Morgan fingerprint density at radius 3 is 2.81 bits per heavy atom. The summed E-state index contributed by atoms with van der Waals surface area (Å²) in [5, 5.41) is 11.7. The van der Waals surface area contributed by atoms with Crippen molar-refractivity contribution in [2.45, 2.75) is 5.60 Å². The molecule has 2 heterocycles. The lowest BCUT2D eigenvalue weighted by Gasteiger charge is -2.41. The second-order valence-electron chi connectivity index (χ2n) is 3.64. The zero-order chi connectivity index (χ0) is 11.6. The van der Waals surface area contributed by atoms with Gasteiger partial charge in [-0.05, 0) is 28.1 Å². The van der Waals surface area contributed by atoms with E-state index in [-0.39, 0.29) is 6.61 Å². The van der Waals surface area contributed by atoms with E-state index in [1.54, 1.807) is 6.20 Å². The lowest BCUT2D eigenvalue weighted by atomic mass is 9.92. The molecule has 2 N–H and O–H groups in total. The number of pyridine rings is 1. The van der Waals surface area contributed by atoms with Crippen molar-refractivity contribution in [3.63, 3.8) is 0 Å². The highest BCUT2D eigenvalue weighted by Crippen LogP contribution is 2.28. The molecule has 0 aromatic carbocycles. The first kappa shape index (κ1) is 11.5. The normalized spacial score (nSPS) is 17.8. The molecule has 1 saturated heterocycles. The number of ether oxygens (including phenoxy) is 1. The maximum absolute atomic E-state index is 10.5. The second-order valence-corrected chi connectivity index (χ2v) is 4.56. The summed E-state index contributed by atoms with van der Waals surface area (Å²) < 4.78 is 6.30. The molecule has 1 fully saturated rings. The summed E-state index contributed by atoms with van der Waals surface area (Å²) in [6.07, 6.45) is 1.68. The van der Waals surface area contributed by atoms with Gasteiger partial charge in [0, 0.05) is 23.8 Å². The topological polar surface area (TPSA) is 71.5 Å². The number of rotatable bonds is 4. The van der Waals surface area contributed by atoms with E-state index >= 15 is 0 Å². The van der Waals surface area contributed by atoms with Crippen LogP contribution in [0, 0.1) is 0 Å². The lowest BCUT2D eigenvalue weighted by Crippen LogP contribution is -2.59. The Hall–Kier alpha value is -0.980. The first-order valence-electron chi connectivity index (χ1n) is 4.81. The van der Waals surface area contributed by atoms with Crippen LogP contribution in [0.2, 0.25) is 0 Å². The smallest absolute Gasteiger partial charge is 0.329 e. The van der Waals surface area contributed by atoms with Crippen molar-refractivity contribution in [1.82, 2.24) is 10.3 Å². The quantitative estimate of drug-likeness (QED) is 0.855. The largest absolute Gasteiger partial charge is 0.480 e. The molecule has 0 spiro atoms. The van der Waals surface area contributed by atoms with Crippen LogP contribution >= 0.6 is 15.9 Å². The third-order valence-corrected chi connectivity index (χ3v) is 2.96. The summed E-state index contributed by atoms with van der Waals surface area (Å²) in [5.41, 5.74) is 0.176. The van der Waals surface area contributed by atoms with Crippen LogP contribution in [0.4, 0.5) is 0 Å². The minimum absolute atomic E-state index is 0.306. The third kappa shape index (κ3) is 2.23. The molecule has 1 aliphatic heterocycles. The Morgan fingerprint density at radius 2 is 2.38 bits per heavy atom. The molecule has 1 aromatic heterocycles.